The summed E-state index contributed by atoms with van der Waals surface area (Å²) in [7, 11) is 1.70. The number of halogens is 2. The van der Waals surface area contributed by atoms with Gasteiger partial charge in [-0.05, 0) is 50.1 Å². The number of amides is 1. The number of carbonyl (C=O) groups is 1. The monoisotopic (exact) mass is 433 g/mol. The molecule has 0 radical (unpaired) electrons. The minimum Gasteiger partial charge on any atom is -0.380 e. The van der Waals surface area contributed by atoms with Crippen LogP contribution in [0.25, 0.3) is 11.1 Å². The minimum atomic E-state index is -2.75. The molecule has 168 valence electrons. The van der Waals surface area contributed by atoms with E-state index in [9.17, 15) is 18.4 Å². The summed E-state index contributed by atoms with van der Waals surface area (Å²) in [5.74, 6) is -3.84. The molecule has 3 rings (SSSR count). The first-order valence-electron chi connectivity index (χ1n) is 10.4. The van der Waals surface area contributed by atoms with Crippen LogP contribution in [0.5, 0.6) is 0 Å². The van der Waals surface area contributed by atoms with E-state index in [0.29, 0.717) is 30.2 Å². The highest BCUT2D eigenvalue weighted by Gasteiger charge is 2.48. The number of pyridine rings is 1. The molecule has 2 aromatic rings. The molecule has 0 spiro atoms. The molecule has 1 saturated carbocycles. The zero-order chi connectivity index (χ0) is 22.8. The number of aryl methyl sites for hydroxylation is 2. The first-order valence-corrected chi connectivity index (χ1v) is 10.4. The van der Waals surface area contributed by atoms with Gasteiger partial charge in [-0.15, -0.1) is 0 Å². The van der Waals surface area contributed by atoms with Crippen molar-refractivity contribution in [3.05, 3.63) is 46.4 Å². The van der Waals surface area contributed by atoms with E-state index in [1.807, 2.05) is 32.0 Å². The lowest BCUT2D eigenvalue weighted by Gasteiger charge is -2.33. The van der Waals surface area contributed by atoms with Gasteiger partial charge in [0.2, 0.25) is 11.8 Å². The molecule has 1 fully saturated rings. The van der Waals surface area contributed by atoms with Crippen LogP contribution >= 0.6 is 0 Å². The Morgan fingerprint density at radius 2 is 1.97 bits per heavy atom. The standard InChI is InChI=1S/C23H29F2N3O3/c1-5-31-13-15(3)26-20-9-16(17-8-14(2)22(30)28(4)12-17)6-7-19(20)27-21(29)18-10-23(24,25)11-18/h6-9,12,15,18,26H,5,10-11,13H2,1-4H3,(H,27,29). The maximum absolute atomic E-state index is 13.2. The second-order valence-electron chi connectivity index (χ2n) is 8.24. The second-order valence-corrected chi connectivity index (χ2v) is 8.24. The molecule has 1 aliphatic carbocycles. The van der Waals surface area contributed by atoms with Gasteiger partial charge in [0.15, 0.2) is 0 Å². The van der Waals surface area contributed by atoms with Crippen molar-refractivity contribution in [3.63, 3.8) is 0 Å². The van der Waals surface area contributed by atoms with Crippen molar-refractivity contribution in [1.82, 2.24) is 4.57 Å². The summed E-state index contributed by atoms with van der Waals surface area (Å²) in [4.78, 5) is 24.5. The smallest absolute Gasteiger partial charge is 0.253 e. The number of ether oxygens (including phenoxy) is 1. The molecule has 8 heteroatoms. The fraction of sp³-hybridized carbons (Fsp3) is 0.478. The molecule has 1 unspecified atom stereocenters. The van der Waals surface area contributed by atoms with Crippen LogP contribution in [-0.4, -0.2) is 35.7 Å². The number of carbonyl (C=O) groups excluding carboxylic acids is 1. The number of hydrogen-bond donors (Lipinski definition) is 2. The van der Waals surface area contributed by atoms with Crippen molar-refractivity contribution < 1.29 is 18.3 Å². The number of rotatable bonds is 8. The van der Waals surface area contributed by atoms with Crippen LogP contribution in [0.4, 0.5) is 20.2 Å². The Hall–Kier alpha value is -2.74. The molecule has 1 aromatic heterocycles. The maximum Gasteiger partial charge on any atom is 0.253 e. The maximum atomic E-state index is 13.2. The Labute approximate surface area is 180 Å². The van der Waals surface area contributed by atoms with Gasteiger partial charge in [-0.25, -0.2) is 8.78 Å². The van der Waals surface area contributed by atoms with Crippen LogP contribution in [0.15, 0.2) is 35.3 Å². The van der Waals surface area contributed by atoms with Gasteiger partial charge in [0, 0.05) is 50.2 Å². The number of aromatic nitrogens is 1. The van der Waals surface area contributed by atoms with E-state index in [4.69, 9.17) is 4.74 Å². The third kappa shape index (κ3) is 5.50. The zero-order valence-corrected chi connectivity index (χ0v) is 18.3. The first kappa shape index (κ1) is 22.9. The van der Waals surface area contributed by atoms with E-state index in [2.05, 4.69) is 10.6 Å². The van der Waals surface area contributed by atoms with Crippen LogP contribution in [0.1, 0.15) is 32.3 Å². The molecular formula is C23H29F2N3O3. The molecule has 0 aliphatic heterocycles. The van der Waals surface area contributed by atoms with Gasteiger partial charge in [-0.2, -0.15) is 0 Å². The zero-order valence-electron chi connectivity index (χ0n) is 18.3. The van der Waals surface area contributed by atoms with Crippen molar-refractivity contribution >= 4 is 17.3 Å². The summed E-state index contributed by atoms with van der Waals surface area (Å²) in [5.41, 5.74) is 3.47. The number of nitrogens with zero attached hydrogens (tertiary/aromatic N) is 1. The van der Waals surface area contributed by atoms with Crippen molar-refractivity contribution in [2.75, 3.05) is 23.8 Å². The molecular weight excluding hydrogens is 404 g/mol. The van der Waals surface area contributed by atoms with E-state index in [0.717, 1.165) is 11.1 Å². The minimum absolute atomic E-state index is 0.0410. The fourth-order valence-corrected chi connectivity index (χ4v) is 3.67. The molecule has 0 saturated heterocycles. The number of hydrogen-bond acceptors (Lipinski definition) is 4. The van der Waals surface area contributed by atoms with Crippen LogP contribution < -0.4 is 16.2 Å². The molecule has 1 atom stereocenters. The summed E-state index contributed by atoms with van der Waals surface area (Å²) in [5, 5.41) is 6.13. The van der Waals surface area contributed by atoms with E-state index in [1.165, 1.54) is 4.57 Å². The van der Waals surface area contributed by atoms with Gasteiger partial charge >= 0.3 is 0 Å². The van der Waals surface area contributed by atoms with Gasteiger partial charge < -0.3 is 19.9 Å². The Bertz CT molecular complexity index is 985. The normalized spacial score (nSPS) is 16.5. The van der Waals surface area contributed by atoms with E-state index < -0.39 is 30.6 Å². The quantitative estimate of drug-likeness (QED) is 0.655. The van der Waals surface area contributed by atoms with Crippen LogP contribution in [-0.2, 0) is 16.6 Å². The van der Waals surface area contributed by atoms with Crippen molar-refractivity contribution in [1.29, 1.82) is 0 Å². The molecule has 1 aromatic carbocycles. The average Bonchev–Trinajstić information content (AvgIpc) is 2.69. The Morgan fingerprint density at radius 3 is 2.58 bits per heavy atom. The van der Waals surface area contributed by atoms with Crippen LogP contribution in [0.2, 0.25) is 0 Å². The molecule has 31 heavy (non-hydrogen) atoms. The van der Waals surface area contributed by atoms with Crippen LogP contribution in [0.3, 0.4) is 0 Å². The lowest BCUT2D eigenvalue weighted by Crippen LogP contribution is -2.42. The number of benzene rings is 1. The molecule has 1 amide bonds. The fourth-order valence-electron chi connectivity index (χ4n) is 3.67. The summed E-state index contributed by atoms with van der Waals surface area (Å²) in [6.07, 6.45) is 0.919. The second kappa shape index (κ2) is 9.18. The third-order valence-corrected chi connectivity index (χ3v) is 5.41. The van der Waals surface area contributed by atoms with E-state index >= 15 is 0 Å². The van der Waals surface area contributed by atoms with Gasteiger partial charge in [0.05, 0.1) is 18.0 Å². The summed E-state index contributed by atoms with van der Waals surface area (Å²) >= 11 is 0. The van der Waals surface area contributed by atoms with Gasteiger partial charge in [-0.3, -0.25) is 9.59 Å². The number of nitrogens with one attached hydrogen (secondary N) is 2. The van der Waals surface area contributed by atoms with Crippen molar-refractivity contribution in [3.8, 4) is 11.1 Å². The van der Waals surface area contributed by atoms with Gasteiger partial charge in [0.25, 0.3) is 5.56 Å². The van der Waals surface area contributed by atoms with E-state index in [-0.39, 0.29) is 11.6 Å². The van der Waals surface area contributed by atoms with Crippen LogP contribution in [0, 0.1) is 12.8 Å². The molecule has 1 aliphatic rings. The summed E-state index contributed by atoms with van der Waals surface area (Å²) in [6, 6.07) is 7.25. The first-order chi connectivity index (χ1) is 14.6. The molecule has 0 bridgehead atoms. The molecule has 6 nitrogen and oxygen atoms in total. The lowest BCUT2D eigenvalue weighted by molar-refractivity contribution is -0.145. The molecule has 2 N–H and O–H groups in total. The Balaban J connectivity index is 1.89. The van der Waals surface area contributed by atoms with Gasteiger partial charge in [-0.1, -0.05) is 6.07 Å². The topological polar surface area (TPSA) is 72.4 Å². The number of anilines is 2. The highest BCUT2D eigenvalue weighted by atomic mass is 19.3. The van der Waals surface area contributed by atoms with Gasteiger partial charge in [0.1, 0.15) is 0 Å². The third-order valence-electron chi connectivity index (χ3n) is 5.41. The summed E-state index contributed by atoms with van der Waals surface area (Å²) < 4.78 is 33.3. The predicted molar refractivity (Wildman–Crippen MR) is 118 cm³/mol. The number of alkyl halides is 2. The van der Waals surface area contributed by atoms with E-state index in [1.54, 1.807) is 26.2 Å². The Morgan fingerprint density at radius 1 is 1.26 bits per heavy atom. The van der Waals surface area contributed by atoms with Crippen molar-refractivity contribution in [2.45, 2.75) is 45.6 Å². The summed E-state index contributed by atoms with van der Waals surface area (Å²) in [6.45, 7) is 6.69. The lowest BCUT2D eigenvalue weighted by atomic mass is 9.80. The van der Waals surface area contributed by atoms with Crippen molar-refractivity contribution in [2.24, 2.45) is 13.0 Å². The highest BCUT2D eigenvalue weighted by molar-refractivity contribution is 5.97. The SMILES string of the molecule is CCOCC(C)Nc1cc(-c2cc(C)c(=O)n(C)c2)ccc1NC(=O)C1CC(F)(F)C1. The Kier molecular flexibility index (Phi) is 6.79. The average molecular weight is 433 g/mol. The highest BCUT2D eigenvalue weighted by Crippen LogP contribution is 2.43. The molecule has 1 heterocycles. The largest absolute Gasteiger partial charge is 0.380 e. The predicted octanol–water partition coefficient (Wildman–Crippen LogP) is 4.18.